The fourth-order valence-corrected chi connectivity index (χ4v) is 6.77. The molecule has 2 aliphatic heterocycles. The lowest BCUT2D eigenvalue weighted by molar-refractivity contribution is -0.121. The Balaban J connectivity index is 0.000000181. The average Bonchev–Trinajstić information content (AvgIpc) is 3.80. The number of halogens is 4. The summed E-state index contributed by atoms with van der Waals surface area (Å²) in [5.74, 6) is -1.99. The summed E-state index contributed by atoms with van der Waals surface area (Å²) in [5, 5.41) is 12.3. The Kier molecular flexibility index (Phi) is 10.3. The minimum absolute atomic E-state index is 0.0286. The van der Waals surface area contributed by atoms with Crippen molar-refractivity contribution in [2.24, 2.45) is 11.8 Å². The molecule has 4 aromatic rings. The number of benzene rings is 2. The molecule has 4 N–H and O–H groups in total. The number of hydrogen-bond donors (Lipinski definition) is 4. The van der Waals surface area contributed by atoms with Crippen molar-refractivity contribution in [3.8, 4) is 21.1 Å². The van der Waals surface area contributed by atoms with Crippen molar-refractivity contribution >= 4 is 69.5 Å². The summed E-state index contributed by atoms with van der Waals surface area (Å²) < 4.78 is 26.8. The van der Waals surface area contributed by atoms with E-state index in [1.165, 1.54) is 36.7 Å². The second-order valence-corrected chi connectivity index (χ2v) is 13.7. The molecule has 10 nitrogen and oxygen atoms in total. The Bertz CT molecular complexity index is 1650. The number of thiazole rings is 2. The highest BCUT2D eigenvalue weighted by atomic mass is 35.5. The third-order valence-corrected chi connectivity index (χ3v) is 9.68. The number of rotatable bonds is 6. The van der Waals surface area contributed by atoms with Gasteiger partial charge in [-0.25, -0.2) is 18.7 Å². The van der Waals surface area contributed by atoms with Crippen molar-refractivity contribution in [2.75, 3.05) is 13.1 Å². The number of hydrogen-bond acceptors (Lipinski definition) is 8. The molecule has 0 saturated carbocycles. The van der Waals surface area contributed by atoms with Gasteiger partial charge >= 0.3 is 0 Å². The van der Waals surface area contributed by atoms with E-state index in [0.717, 1.165) is 22.7 Å². The molecule has 0 bridgehead atoms. The van der Waals surface area contributed by atoms with E-state index in [1.807, 2.05) is 13.8 Å². The molecular formula is C30H26Cl2F2N6O4S2. The van der Waals surface area contributed by atoms with E-state index >= 15 is 0 Å². The van der Waals surface area contributed by atoms with Gasteiger partial charge in [-0.05, 0) is 36.4 Å². The van der Waals surface area contributed by atoms with Gasteiger partial charge in [0.05, 0.1) is 12.4 Å². The van der Waals surface area contributed by atoms with Crippen molar-refractivity contribution in [1.82, 2.24) is 31.2 Å². The zero-order chi connectivity index (χ0) is 33.1. The van der Waals surface area contributed by atoms with Crippen LogP contribution in [0.5, 0.6) is 0 Å². The molecule has 2 aliphatic rings. The Labute approximate surface area is 279 Å². The van der Waals surface area contributed by atoms with Crippen molar-refractivity contribution in [3.05, 3.63) is 80.2 Å². The predicted molar refractivity (Wildman–Crippen MR) is 172 cm³/mol. The molecule has 2 aromatic heterocycles. The Morgan fingerprint density at radius 2 is 1.13 bits per heavy atom. The predicted octanol–water partition coefficient (Wildman–Crippen LogP) is 4.93. The lowest BCUT2D eigenvalue weighted by Gasteiger charge is -2.13. The van der Waals surface area contributed by atoms with Crippen LogP contribution in [0.2, 0.25) is 10.0 Å². The number of carbonyl (C=O) groups excluding carboxylic acids is 4. The van der Waals surface area contributed by atoms with Gasteiger partial charge in [0, 0.05) is 46.1 Å². The summed E-state index contributed by atoms with van der Waals surface area (Å²) in [7, 11) is 0. The van der Waals surface area contributed by atoms with Crippen LogP contribution in [0.1, 0.15) is 33.2 Å². The summed E-state index contributed by atoms with van der Waals surface area (Å²) in [4.78, 5) is 56.8. The maximum Gasteiger partial charge on any atom is 0.263 e. The molecule has 16 heteroatoms. The van der Waals surface area contributed by atoms with Crippen LogP contribution in [0.15, 0.2) is 48.8 Å². The molecule has 0 aliphatic carbocycles. The zero-order valence-electron chi connectivity index (χ0n) is 24.2. The smallest absolute Gasteiger partial charge is 0.263 e. The summed E-state index contributed by atoms with van der Waals surface area (Å²) in [6, 6.07) is 7.08. The van der Waals surface area contributed by atoms with E-state index in [4.69, 9.17) is 23.2 Å². The van der Waals surface area contributed by atoms with Gasteiger partial charge in [-0.3, -0.25) is 19.2 Å². The van der Waals surface area contributed by atoms with Crippen LogP contribution >= 0.6 is 45.9 Å². The molecule has 0 radical (unpaired) electrons. The molecule has 4 heterocycles. The number of nitrogens with zero attached hydrogens (tertiary/aromatic N) is 2. The number of carbonyl (C=O) groups is 4. The van der Waals surface area contributed by atoms with Crippen LogP contribution in [0.3, 0.4) is 0 Å². The van der Waals surface area contributed by atoms with Crippen LogP contribution in [0.4, 0.5) is 8.78 Å². The van der Waals surface area contributed by atoms with Crippen molar-refractivity contribution in [2.45, 2.75) is 25.9 Å². The van der Waals surface area contributed by atoms with Gasteiger partial charge in [0.2, 0.25) is 11.8 Å². The molecule has 0 unspecified atom stereocenters. The van der Waals surface area contributed by atoms with Gasteiger partial charge in [0.25, 0.3) is 11.8 Å². The zero-order valence-corrected chi connectivity index (χ0v) is 27.3. The van der Waals surface area contributed by atoms with Crippen LogP contribution in [0, 0.1) is 23.5 Å². The lowest BCUT2D eigenvalue weighted by atomic mass is 10.1. The summed E-state index contributed by atoms with van der Waals surface area (Å²) in [6.45, 7) is 4.85. The maximum absolute atomic E-state index is 13.4. The molecule has 6 rings (SSSR count). The highest BCUT2D eigenvalue weighted by Crippen LogP contribution is 2.30. The van der Waals surface area contributed by atoms with Gasteiger partial charge in [-0.1, -0.05) is 37.0 Å². The molecule has 4 amide bonds. The first-order valence-electron chi connectivity index (χ1n) is 13.9. The average molecular weight is 708 g/mol. The first-order chi connectivity index (χ1) is 21.9. The van der Waals surface area contributed by atoms with Gasteiger partial charge in [-0.15, -0.1) is 22.7 Å². The standard InChI is InChI=1S/2C15H13ClFN3O2S/c2*1-7-5-18-14(22)12(7)20-13(21)11-6-19-15(23-11)8-2-9(16)4-10(17)3-8/h2*2-4,6-7,12H,5H2,1H3,(H,18,22)(H,20,21)/t2*7-,12-/m10/s1. The van der Waals surface area contributed by atoms with Crippen molar-refractivity contribution in [3.63, 3.8) is 0 Å². The van der Waals surface area contributed by atoms with Crippen LogP contribution in [0.25, 0.3) is 21.1 Å². The van der Waals surface area contributed by atoms with Crippen LogP contribution in [-0.2, 0) is 9.59 Å². The van der Waals surface area contributed by atoms with E-state index in [9.17, 15) is 28.0 Å². The largest absolute Gasteiger partial charge is 0.354 e. The Morgan fingerprint density at radius 3 is 1.46 bits per heavy atom. The number of aromatic nitrogens is 2. The molecular weight excluding hydrogens is 681 g/mol. The first kappa shape index (κ1) is 33.4. The lowest BCUT2D eigenvalue weighted by Crippen LogP contribution is -2.42. The van der Waals surface area contributed by atoms with Gasteiger partial charge in [0.15, 0.2) is 0 Å². The van der Waals surface area contributed by atoms with E-state index in [1.54, 1.807) is 12.1 Å². The second kappa shape index (κ2) is 14.2. The quantitative estimate of drug-likeness (QED) is 0.224. The molecule has 4 atom stereocenters. The molecule has 0 spiro atoms. The highest BCUT2D eigenvalue weighted by Gasteiger charge is 2.34. The van der Waals surface area contributed by atoms with Gasteiger partial charge < -0.3 is 21.3 Å². The van der Waals surface area contributed by atoms with Gasteiger partial charge in [0.1, 0.15) is 43.5 Å². The molecule has 2 fully saturated rings. The van der Waals surface area contributed by atoms with Gasteiger partial charge in [-0.2, -0.15) is 0 Å². The molecule has 2 aromatic carbocycles. The summed E-state index contributed by atoms with van der Waals surface area (Å²) in [6.07, 6.45) is 2.82. The maximum atomic E-state index is 13.4. The van der Waals surface area contributed by atoms with Crippen molar-refractivity contribution < 1.29 is 28.0 Å². The fraction of sp³-hybridized carbons (Fsp3) is 0.267. The third-order valence-electron chi connectivity index (χ3n) is 7.15. The SMILES string of the molecule is C[C@@H]1CNC(=O)[C@@H]1NC(=O)c1cnc(-c2cc(F)cc(Cl)c2)s1.C[C@H]1CNC(=O)[C@H]1NC(=O)c1cnc(-c2cc(F)cc(Cl)c2)s1. The van der Waals surface area contributed by atoms with E-state index < -0.39 is 23.7 Å². The number of amides is 4. The fourth-order valence-electron chi connectivity index (χ4n) is 4.72. The topological polar surface area (TPSA) is 142 Å². The third kappa shape index (κ3) is 7.86. The Hall–Kier alpha value is -3.98. The van der Waals surface area contributed by atoms with E-state index in [0.29, 0.717) is 44.0 Å². The highest BCUT2D eigenvalue weighted by molar-refractivity contribution is 7.17. The second-order valence-electron chi connectivity index (χ2n) is 10.7. The molecule has 46 heavy (non-hydrogen) atoms. The normalized spacial score (nSPS) is 20.4. The van der Waals surface area contributed by atoms with Crippen LogP contribution < -0.4 is 21.3 Å². The monoisotopic (exact) mass is 706 g/mol. The van der Waals surface area contributed by atoms with Crippen LogP contribution in [-0.4, -0.2) is 58.8 Å². The summed E-state index contributed by atoms with van der Waals surface area (Å²) >= 11 is 13.9. The minimum atomic E-state index is -0.545. The Morgan fingerprint density at radius 1 is 0.739 bits per heavy atom. The van der Waals surface area contributed by atoms with E-state index in [-0.39, 0.29) is 45.5 Å². The minimum Gasteiger partial charge on any atom is -0.354 e. The van der Waals surface area contributed by atoms with E-state index in [2.05, 4.69) is 31.2 Å². The number of nitrogens with one attached hydrogen (secondary N) is 4. The van der Waals surface area contributed by atoms with Crippen molar-refractivity contribution in [1.29, 1.82) is 0 Å². The first-order valence-corrected chi connectivity index (χ1v) is 16.3. The molecule has 2 saturated heterocycles. The summed E-state index contributed by atoms with van der Waals surface area (Å²) in [5.41, 5.74) is 1.01. The molecule has 240 valence electrons.